The highest BCUT2D eigenvalue weighted by atomic mass is 79.9. The number of nitrogens with zero attached hydrogens (tertiary/aromatic N) is 1. The van der Waals surface area contributed by atoms with Crippen LogP contribution in [0.2, 0.25) is 0 Å². The fourth-order valence-corrected chi connectivity index (χ4v) is 3.06. The number of hydrogen-bond donors (Lipinski definition) is 1. The Morgan fingerprint density at radius 3 is 2.90 bits per heavy atom. The van der Waals surface area contributed by atoms with Crippen molar-refractivity contribution < 1.29 is 4.74 Å². The zero-order valence-corrected chi connectivity index (χ0v) is 14.2. The van der Waals surface area contributed by atoms with Gasteiger partial charge in [0.1, 0.15) is 0 Å². The van der Waals surface area contributed by atoms with Crippen molar-refractivity contribution >= 4 is 15.9 Å². The summed E-state index contributed by atoms with van der Waals surface area (Å²) < 4.78 is 6.90. The molecule has 112 valence electrons. The van der Waals surface area contributed by atoms with Gasteiger partial charge in [0.2, 0.25) is 0 Å². The van der Waals surface area contributed by atoms with Crippen LogP contribution in [0.15, 0.2) is 22.7 Å². The summed E-state index contributed by atoms with van der Waals surface area (Å²) in [6.07, 6.45) is 0.331. The molecular formula is C16H25BrN2O. The lowest BCUT2D eigenvalue weighted by molar-refractivity contribution is -0.0527. The normalized spacial score (nSPS) is 24.0. The molecule has 0 amide bonds. The molecule has 20 heavy (non-hydrogen) atoms. The summed E-state index contributed by atoms with van der Waals surface area (Å²) in [5.74, 6) is 0. The Morgan fingerprint density at radius 1 is 1.40 bits per heavy atom. The molecule has 1 aromatic carbocycles. The van der Waals surface area contributed by atoms with Crippen molar-refractivity contribution in [2.75, 3.05) is 19.7 Å². The topological polar surface area (TPSA) is 24.5 Å². The molecule has 3 nitrogen and oxygen atoms in total. The molecule has 0 bridgehead atoms. The van der Waals surface area contributed by atoms with Crippen LogP contribution >= 0.6 is 15.9 Å². The lowest BCUT2D eigenvalue weighted by Crippen LogP contribution is -2.46. The summed E-state index contributed by atoms with van der Waals surface area (Å²) in [5, 5.41) is 3.36. The van der Waals surface area contributed by atoms with Crippen molar-refractivity contribution in [3.05, 3.63) is 33.8 Å². The van der Waals surface area contributed by atoms with Crippen LogP contribution in [0.1, 0.15) is 31.9 Å². The molecule has 0 aliphatic carbocycles. The fourth-order valence-electron chi connectivity index (χ4n) is 2.51. The standard InChI is InChI=1S/C16H25BrN2O/c1-4-18-8-14-5-6-15(16(17)7-14)10-19-9-13(3)20-11-12(19)2/h5-7,12-13,18H,4,8-11H2,1-3H3. The van der Waals surface area contributed by atoms with E-state index in [-0.39, 0.29) is 0 Å². The average Bonchev–Trinajstić information content (AvgIpc) is 2.43. The zero-order valence-electron chi connectivity index (χ0n) is 12.7. The van der Waals surface area contributed by atoms with E-state index in [4.69, 9.17) is 4.74 Å². The Hall–Kier alpha value is -0.420. The predicted molar refractivity (Wildman–Crippen MR) is 86.8 cm³/mol. The highest BCUT2D eigenvalue weighted by Crippen LogP contribution is 2.23. The third kappa shape index (κ3) is 4.29. The second-order valence-corrected chi connectivity index (χ2v) is 6.48. The van der Waals surface area contributed by atoms with Crippen LogP contribution in [0.4, 0.5) is 0 Å². The van der Waals surface area contributed by atoms with Gasteiger partial charge in [0, 0.05) is 30.1 Å². The maximum Gasteiger partial charge on any atom is 0.0674 e. The van der Waals surface area contributed by atoms with Gasteiger partial charge in [-0.25, -0.2) is 0 Å². The molecule has 4 heteroatoms. The Morgan fingerprint density at radius 2 is 2.20 bits per heavy atom. The Balaban J connectivity index is 2.01. The molecule has 1 aromatic rings. The summed E-state index contributed by atoms with van der Waals surface area (Å²) in [7, 11) is 0. The highest BCUT2D eigenvalue weighted by molar-refractivity contribution is 9.10. The van der Waals surface area contributed by atoms with E-state index in [9.17, 15) is 0 Å². The maximum absolute atomic E-state index is 5.69. The zero-order chi connectivity index (χ0) is 14.5. The first-order valence-electron chi connectivity index (χ1n) is 7.43. The highest BCUT2D eigenvalue weighted by Gasteiger charge is 2.23. The average molecular weight is 341 g/mol. The van der Waals surface area contributed by atoms with Gasteiger partial charge in [-0.15, -0.1) is 0 Å². The molecule has 1 N–H and O–H groups in total. The molecule has 2 unspecified atom stereocenters. The largest absolute Gasteiger partial charge is 0.376 e. The van der Waals surface area contributed by atoms with Gasteiger partial charge in [-0.05, 0) is 37.6 Å². The Kier molecular flexibility index (Phi) is 6.02. The van der Waals surface area contributed by atoms with Crippen molar-refractivity contribution in [1.82, 2.24) is 10.2 Å². The van der Waals surface area contributed by atoms with Crippen LogP contribution < -0.4 is 5.32 Å². The molecule has 2 atom stereocenters. The van der Waals surface area contributed by atoms with Crippen molar-refractivity contribution in [1.29, 1.82) is 0 Å². The lowest BCUT2D eigenvalue weighted by atomic mass is 10.1. The molecular weight excluding hydrogens is 316 g/mol. The second-order valence-electron chi connectivity index (χ2n) is 5.63. The fraction of sp³-hybridized carbons (Fsp3) is 0.625. The van der Waals surface area contributed by atoms with Crippen molar-refractivity contribution in [2.24, 2.45) is 0 Å². The monoisotopic (exact) mass is 340 g/mol. The Labute approximate surface area is 130 Å². The van der Waals surface area contributed by atoms with Gasteiger partial charge >= 0.3 is 0 Å². The molecule has 1 heterocycles. The summed E-state index contributed by atoms with van der Waals surface area (Å²) in [5.41, 5.74) is 2.68. The van der Waals surface area contributed by atoms with Crippen LogP contribution in [0, 0.1) is 0 Å². The first-order valence-corrected chi connectivity index (χ1v) is 8.23. The van der Waals surface area contributed by atoms with E-state index in [2.05, 4.69) is 65.1 Å². The first-order chi connectivity index (χ1) is 9.60. The number of benzene rings is 1. The number of morpholine rings is 1. The summed E-state index contributed by atoms with van der Waals surface area (Å²) >= 11 is 3.72. The second kappa shape index (κ2) is 7.55. The molecule has 0 radical (unpaired) electrons. The number of nitrogens with one attached hydrogen (secondary N) is 1. The molecule has 2 rings (SSSR count). The SMILES string of the molecule is CCNCc1ccc(CN2CC(C)OCC2C)c(Br)c1. The van der Waals surface area contributed by atoms with Crippen LogP contribution in [0.25, 0.3) is 0 Å². The molecule has 0 aromatic heterocycles. The van der Waals surface area contributed by atoms with Gasteiger partial charge in [-0.1, -0.05) is 35.0 Å². The van der Waals surface area contributed by atoms with Crippen molar-refractivity contribution in [2.45, 2.75) is 46.0 Å². The van der Waals surface area contributed by atoms with Gasteiger partial charge in [0.25, 0.3) is 0 Å². The third-order valence-corrected chi connectivity index (χ3v) is 4.55. The number of halogens is 1. The smallest absolute Gasteiger partial charge is 0.0674 e. The van der Waals surface area contributed by atoms with Gasteiger partial charge in [0.15, 0.2) is 0 Å². The first kappa shape index (κ1) is 16.0. The van der Waals surface area contributed by atoms with E-state index in [1.165, 1.54) is 15.6 Å². The predicted octanol–water partition coefficient (Wildman–Crippen LogP) is 3.17. The minimum atomic E-state index is 0.331. The van der Waals surface area contributed by atoms with Crippen LogP contribution in [-0.4, -0.2) is 36.7 Å². The summed E-state index contributed by atoms with van der Waals surface area (Å²) in [4.78, 5) is 2.50. The lowest BCUT2D eigenvalue weighted by Gasteiger charge is -2.37. The van der Waals surface area contributed by atoms with E-state index in [1.807, 2.05) is 0 Å². The quantitative estimate of drug-likeness (QED) is 0.890. The van der Waals surface area contributed by atoms with Gasteiger partial charge in [-0.3, -0.25) is 4.90 Å². The summed E-state index contributed by atoms with van der Waals surface area (Å²) in [6, 6.07) is 7.17. The van der Waals surface area contributed by atoms with E-state index < -0.39 is 0 Å². The third-order valence-electron chi connectivity index (χ3n) is 3.81. The van der Waals surface area contributed by atoms with Crippen LogP contribution in [0.3, 0.4) is 0 Å². The molecule has 1 aliphatic rings. The van der Waals surface area contributed by atoms with Crippen LogP contribution in [0.5, 0.6) is 0 Å². The molecule has 1 fully saturated rings. The number of rotatable bonds is 5. The number of ether oxygens (including phenoxy) is 1. The summed E-state index contributed by atoms with van der Waals surface area (Å²) in [6.45, 7) is 11.3. The van der Waals surface area contributed by atoms with E-state index in [0.29, 0.717) is 12.1 Å². The molecule has 0 spiro atoms. The van der Waals surface area contributed by atoms with E-state index in [1.54, 1.807) is 0 Å². The molecule has 0 saturated carbocycles. The molecule has 1 saturated heterocycles. The van der Waals surface area contributed by atoms with Crippen molar-refractivity contribution in [3.63, 3.8) is 0 Å². The van der Waals surface area contributed by atoms with Crippen molar-refractivity contribution in [3.8, 4) is 0 Å². The van der Waals surface area contributed by atoms with E-state index >= 15 is 0 Å². The van der Waals surface area contributed by atoms with Gasteiger partial charge in [0.05, 0.1) is 12.7 Å². The molecule has 1 aliphatic heterocycles. The van der Waals surface area contributed by atoms with Gasteiger partial charge < -0.3 is 10.1 Å². The van der Waals surface area contributed by atoms with E-state index in [0.717, 1.165) is 32.8 Å². The Bertz CT molecular complexity index is 438. The minimum Gasteiger partial charge on any atom is -0.376 e. The minimum absolute atomic E-state index is 0.331. The number of hydrogen-bond acceptors (Lipinski definition) is 3. The van der Waals surface area contributed by atoms with Crippen LogP contribution in [-0.2, 0) is 17.8 Å². The van der Waals surface area contributed by atoms with Gasteiger partial charge in [-0.2, -0.15) is 0 Å². The maximum atomic E-state index is 5.69.